The van der Waals surface area contributed by atoms with E-state index in [-0.39, 0.29) is 0 Å². The fourth-order valence-electron chi connectivity index (χ4n) is 7.61. The van der Waals surface area contributed by atoms with Crippen LogP contribution in [-0.4, -0.2) is 19.5 Å². The van der Waals surface area contributed by atoms with Gasteiger partial charge in [0.15, 0.2) is 17.5 Å². The first kappa shape index (κ1) is 28.2. The van der Waals surface area contributed by atoms with Gasteiger partial charge in [-0.25, -0.2) is 15.0 Å². The zero-order valence-electron chi connectivity index (χ0n) is 27.1. The Kier molecular flexibility index (Phi) is 6.05. The van der Waals surface area contributed by atoms with E-state index in [1.807, 2.05) is 24.3 Å². The number of thiophene rings is 1. The van der Waals surface area contributed by atoms with Gasteiger partial charge in [0, 0.05) is 58.5 Å². The molecule has 0 amide bonds. The summed E-state index contributed by atoms with van der Waals surface area (Å²) in [5.41, 5.74) is 7.65. The molecular formula is C45H26N4OS. The molecule has 238 valence electrons. The summed E-state index contributed by atoms with van der Waals surface area (Å²) in [4.78, 5) is 15.7. The number of nitrogens with zero attached hydrogens (tertiary/aromatic N) is 4. The van der Waals surface area contributed by atoms with Crippen LogP contribution in [0.3, 0.4) is 0 Å². The summed E-state index contributed by atoms with van der Waals surface area (Å²) in [7, 11) is 0. The minimum absolute atomic E-state index is 0.568. The van der Waals surface area contributed by atoms with E-state index in [2.05, 4.69) is 138 Å². The fourth-order valence-corrected chi connectivity index (χ4v) is 8.75. The second-order valence-electron chi connectivity index (χ2n) is 12.8. The van der Waals surface area contributed by atoms with Gasteiger partial charge in [-0.05, 0) is 48.5 Å². The molecule has 0 aliphatic heterocycles. The molecule has 5 nitrogen and oxygen atoms in total. The van der Waals surface area contributed by atoms with Crippen molar-refractivity contribution in [2.45, 2.75) is 0 Å². The predicted octanol–water partition coefficient (Wildman–Crippen LogP) is 12.2. The molecule has 0 N–H and O–H groups in total. The van der Waals surface area contributed by atoms with Gasteiger partial charge in [0.2, 0.25) is 0 Å². The Bertz CT molecular complexity index is 3120. The molecule has 51 heavy (non-hydrogen) atoms. The van der Waals surface area contributed by atoms with E-state index in [1.54, 1.807) is 11.3 Å². The average molecular weight is 671 g/mol. The van der Waals surface area contributed by atoms with Crippen molar-refractivity contribution in [3.63, 3.8) is 0 Å². The number of hydrogen-bond acceptors (Lipinski definition) is 5. The van der Waals surface area contributed by atoms with Gasteiger partial charge >= 0.3 is 0 Å². The molecule has 11 rings (SSSR count). The van der Waals surface area contributed by atoms with Crippen molar-refractivity contribution >= 4 is 75.3 Å². The molecule has 0 unspecified atom stereocenters. The molecule has 0 spiro atoms. The Morgan fingerprint density at radius 2 is 1.04 bits per heavy atom. The quantitative estimate of drug-likeness (QED) is 0.187. The minimum Gasteiger partial charge on any atom is -0.455 e. The molecule has 0 aliphatic rings. The Hall–Kier alpha value is -6.63. The van der Waals surface area contributed by atoms with E-state index < -0.39 is 0 Å². The highest BCUT2D eigenvalue weighted by Gasteiger charge is 2.20. The van der Waals surface area contributed by atoms with Crippen LogP contribution in [-0.2, 0) is 0 Å². The van der Waals surface area contributed by atoms with Crippen LogP contribution in [0.4, 0.5) is 0 Å². The summed E-state index contributed by atoms with van der Waals surface area (Å²) in [5, 5.41) is 6.89. The van der Waals surface area contributed by atoms with Crippen LogP contribution in [0.5, 0.6) is 0 Å². The largest absolute Gasteiger partial charge is 0.455 e. The summed E-state index contributed by atoms with van der Waals surface area (Å²) in [6, 6.07) is 54.9. The lowest BCUT2D eigenvalue weighted by molar-refractivity contribution is 0.669. The normalized spacial score (nSPS) is 11.9. The van der Waals surface area contributed by atoms with Crippen molar-refractivity contribution in [3.05, 3.63) is 158 Å². The van der Waals surface area contributed by atoms with E-state index >= 15 is 0 Å². The maximum absolute atomic E-state index is 6.49. The van der Waals surface area contributed by atoms with E-state index in [1.165, 1.54) is 25.6 Å². The van der Waals surface area contributed by atoms with Crippen LogP contribution < -0.4 is 0 Å². The van der Waals surface area contributed by atoms with Gasteiger partial charge in [0.05, 0.1) is 16.6 Å². The molecule has 0 radical (unpaired) electrons. The maximum atomic E-state index is 6.49. The molecule has 0 saturated carbocycles. The van der Waals surface area contributed by atoms with E-state index in [4.69, 9.17) is 19.4 Å². The Morgan fingerprint density at radius 1 is 0.451 bits per heavy atom. The van der Waals surface area contributed by atoms with Crippen molar-refractivity contribution in [3.8, 4) is 39.9 Å². The van der Waals surface area contributed by atoms with E-state index in [0.29, 0.717) is 17.5 Å². The zero-order chi connectivity index (χ0) is 33.5. The van der Waals surface area contributed by atoms with Crippen molar-refractivity contribution < 1.29 is 4.42 Å². The monoisotopic (exact) mass is 670 g/mol. The lowest BCUT2D eigenvalue weighted by Gasteiger charge is -2.12. The summed E-state index contributed by atoms with van der Waals surface area (Å²) < 4.78 is 11.3. The number of fused-ring (bicyclic) bond motifs is 9. The van der Waals surface area contributed by atoms with Crippen molar-refractivity contribution in [2.24, 2.45) is 0 Å². The first-order chi connectivity index (χ1) is 25.3. The summed E-state index contributed by atoms with van der Waals surface area (Å²) in [6.07, 6.45) is 0. The number of para-hydroxylation sites is 4. The highest BCUT2D eigenvalue weighted by atomic mass is 32.1. The third-order valence-electron chi connectivity index (χ3n) is 9.87. The number of rotatable bonds is 4. The summed E-state index contributed by atoms with van der Waals surface area (Å²) in [5.74, 6) is 1.79. The van der Waals surface area contributed by atoms with Crippen LogP contribution in [0, 0.1) is 0 Å². The van der Waals surface area contributed by atoms with Crippen molar-refractivity contribution in [2.75, 3.05) is 0 Å². The van der Waals surface area contributed by atoms with Gasteiger partial charge in [0.25, 0.3) is 0 Å². The van der Waals surface area contributed by atoms with Crippen LogP contribution >= 0.6 is 11.3 Å². The lowest BCUT2D eigenvalue weighted by atomic mass is 10.0. The maximum Gasteiger partial charge on any atom is 0.167 e. The third kappa shape index (κ3) is 4.30. The fraction of sp³-hybridized carbons (Fsp3) is 0. The van der Waals surface area contributed by atoms with Crippen LogP contribution in [0.25, 0.3) is 104 Å². The highest BCUT2D eigenvalue weighted by Crippen LogP contribution is 2.41. The first-order valence-corrected chi connectivity index (χ1v) is 17.8. The second kappa shape index (κ2) is 10.9. The van der Waals surface area contributed by atoms with Gasteiger partial charge in [0.1, 0.15) is 11.2 Å². The molecule has 4 heterocycles. The van der Waals surface area contributed by atoms with E-state index in [9.17, 15) is 0 Å². The van der Waals surface area contributed by atoms with Crippen LogP contribution in [0.1, 0.15) is 0 Å². The Balaban J connectivity index is 1.18. The summed E-state index contributed by atoms with van der Waals surface area (Å²) in [6.45, 7) is 0. The predicted molar refractivity (Wildman–Crippen MR) is 211 cm³/mol. The molecule has 0 atom stereocenters. The molecular weight excluding hydrogens is 645 g/mol. The third-order valence-corrected chi connectivity index (χ3v) is 11.0. The van der Waals surface area contributed by atoms with Gasteiger partial charge in [-0.3, -0.25) is 0 Å². The Morgan fingerprint density at radius 3 is 1.86 bits per heavy atom. The topological polar surface area (TPSA) is 56.7 Å². The number of benzene rings is 7. The van der Waals surface area contributed by atoms with Gasteiger partial charge in [-0.15, -0.1) is 11.3 Å². The first-order valence-electron chi connectivity index (χ1n) is 16.9. The van der Waals surface area contributed by atoms with Crippen LogP contribution in [0.2, 0.25) is 0 Å². The van der Waals surface area contributed by atoms with Gasteiger partial charge < -0.3 is 8.98 Å². The lowest BCUT2D eigenvalue weighted by Crippen LogP contribution is -2.01. The standard InChI is InChI=1S/C45H26N4OS/c1-5-21-36-29(14-1)30-15-2-6-22-37(30)49(36)28-13-9-12-27(26-28)43-46-44(34-19-11-25-40-41(34)33-17-4-8-24-39(33)51-40)48-45(47-43)35-20-10-18-32-31-16-3-7-23-38(31)50-42(32)35/h1-26H. The molecule has 11 aromatic rings. The second-order valence-corrected chi connectivity index (χ2v) is 13.9. The van der Waals surface area contributed by atoms with E-state index in [0.717, 1.165) is 60.7 Å². The van der Waals surface area contributed by atoms with Crippen molar-refractivity contribution in [1.29, 1.82) is 0 Å². The van der Waals surface area contributed by atoms with Gasteiger partial charge in [-0.2, -0.15) is 0 Å². The minimum atomic E-state index is 0.568. The Labute approximate surface area is 295 Å². The molecule has 0 aliphatic carbocycles. The van der Waals surface area contributed by atoms with Gasteiger partial charge in [-0.1, -0.05) is 109 Å². The molecule has 0 bridgehead atoms. The number of furan rings is 1. The smallest absolute Gasteiger partial charge is 0.167 e. The molecule has 7 aromatic carbocycles. The van der Waals surface area contributed by atoms with Crippen molar-refractivity contribution in [1.82, 2.24) is 19.5 Å². The average Bonchev–Trinajstić information content (AvgIpc) is 3.87. The molecule has 6 heteroatoms. The SMILES string of the molecule is c1cc(-c2nc(-c3cccc4c3oc3ccccc34)nc(-c3cccc4sc5ccccc5c34)n2)cc(-n2c3ccccc3c3ccccc32)c1. The highest BCUT2D eigenvalue weighted by molar-refractivity contribution is 7.25. The van der Waals surface area contributed by atoms with Crippen LogP contribution in [0.15, 0.2) is 162 Å². The summed E-state index contributed by atoms with van der Waals surface area (Å²) >= 11 is 1.79. The molecule has 4 aromatic heterocycles. The number of hydrogen-bond donors (Lipinski definition) is 0. The molecule has 0 saturated heterocycles. The zero-order valence-corrected chi connectivity index (χ0v) is 27.9. The number of aromatic nitrogens is 4. The molecule has 0 fully saturated rings.